The van der Waals surface area contributed by atoms with Crippen molar-refractivity contribution >= 4 is 0 Å². The van der Waals surface area contributed by atoms with Gasteiger partial charge in [0.15, 0.2) is 0 Å². The number of unbranched alkanes of at least 4 members (excludes halogenated alkanes) is 9. The van der Waals surface area contributed by atoms with E-state index in [1.165, 1.54) is 77.2 Å². The average Bonchev–Trinajstić information content (AvgIpc) is 2.43. The van der Waals surface area contributed by atoms with Crippen LogP contribution in [-0.2, 0) is 0 Å². The number of hydrogen-bond donors (Lipinski definition) is 2. The normalized spacial score (nSPS) is 13.1. The van der Waals surface area contributed by atoms with Crippen molar-refractivity contribution in [1.29, 1.82) is 0 Å². The van der Waals surface area contributed by atoms with Crippen LogP contribution in [0.15, 0.2) is 0 Å². The highest BCUT2D eigenvalue weighted by Crippen LogP contribution is 2.10. The summed E-state index contributed by atoms with van der Waals surface area (Å²) in [6, 6.07) is 0.712. The van der Waals surface area contributed by atoms with Crippen molar-refractivity contribution < 1.29 is 0 Å². The lowest BCUT2D eigenvalue weighted by Gasteiger charge is -2.20. The Balaban J connectivity index is 3.13. The molecule has 0 heterocycles. The van der Waals surface area contributed by atoms with Gasteiger partial charge in [0.25, 0.3) is 0 Å². The van der Waals surface area contributed by atoms with Crippen LogP contribution < -0.4 is 11.1 Å². The van der Waals surface area contributed by atoms with E-state index in [4.69, 9.17) is 5.73 Å². The fourth-order valence-electron chi connectivity index (χ4n) is 2.82. The van der Waals surface area contributed by atoms with Crippen molar-refractivity contribution in [3.63, 3.8) is 0 Å². The van der Waals surface area contributed by atoms with E-state index in [0.717, 1.165) is 12.5 Å². The summed E-state index contributed by atoms with van der Waals surface area (Å²) in [4.78, 5) is 0. The van der Waals surface area contributed by atoms with E-state index >= 15 is 0 Å². The van der Waals surface area contributed by atoms with Crippen molar-refractivity contribution in [3.05, 3.63) is 0 Å². The topological polar surface area (TPSA) is 38.0 Å². The third-order valence-electron chi connectivity index (χ3n) is 4.28. The second kappa shape index (κ2) is 15.3. The van der Waals surface area contributed by atoms with Crippen molar-refractivity contribution in [2.45, 2.75) is 97.4 Å². The lowest BCUT2D eigenvalue weighted by atomic mass is 10.0. The van der Waals surface area contributed by atoms with Gasteiger partial charge in [-0.1, -0.05) is 72.1 Å². The minimum atomic E-state index is 0.712. The molecule has 0 saturated carbocycles. The zero-order valence-electron chi connectivity index (χ0n) is 14.4. The summed E-state index contributed by atoms with van der Waals surface area (Å²) < 4.78 is 0. The highest BCUT2D eigenvalue weighted by molar-refractivity contribution is 4.68. The SMILES string of the molecule is CCC(NCCCCCCCCCCCCN)C(C)C. The molecule has 0 amide bonds. The van der Waals surface area contributed by atoms with Crippen molar-refractivity contribution in [3.8, 4) is 0 Å². The maximum absolute atomic E-state index is 5.49. The maximum atomic E-state index is 5.49. The van der Waals surface area contributed by atoms with E-state index in [0.29, 0.717) is 6.04 Å². The van der Waals surface area contributed by atoms with Crippen LogP contribution >= 0.6 is 0 Å². The highest BCUT2D eigenvalue weighted by Gasteiger charge is 2.08. The molecule has 0 aromatic carbocycles. The Morgan fingerprint density at radius 3 is 1.60 bits per heavy atom. The molecule has 20 heavy (non-hydrogen) atoms. The third-order valence-corrected chi connectivity index (χ3v) is 4.28. The molecule has 1 atom stereocenters. The maximum Gasteiger partial charge on any atom is 0.00874 e. The molecule has 3 N–H and O–H groups in total. The molecular formula is C18H40N2. The van der Waals surface area contributed by atoms with Crippen LogP contribution in [0.2, 0.25) is 0 Å². The summed E-state index contributed by atoms with van der Waals surface area (Å²) in [7, 11) is 0. The lowest BCUT2D eigenvalue weighted by Crippen LogP contribution is -2.33. The van der Waals surface area contributed by atoms with Gasteiger partial charge in [-0.25, -0.2) is 0 Å². The zero-order valence-corrected chi connectivity index (χ0v) is 14.4. The van der Waals surface area contributed by atoms with Gasteiger partial charge < -0.3 is 11.1 Å². The lowest BCUT2D eigenvalue weighted by molar-refractivity contribution is 0.383. The zero-order chi connectivity index (χ0) is 15.1. The Morgan fingerprint density at radius 1 is 0.750 bits per heavy atom. The molecular weight excluding hydrogens is 244 g/mol. The van der Waals surface area contributed by atoms with Crippen LogP contribution in [-0.4, -0.2) is 19.1 Å². The monoisotopic (exact) mass is 284 g/mol. The first kappa shape index (κ1) is 19.9. The quantitative estimate of drug-likeness (QED) is 0.421. The largest absolute Gasteiger partial charge is 0.330 e. The molecule has 1 unspecified atom stereocenters. The third kappa shape index (κ3) is 12.9. The Hall–Kier alpha value is -0.0800. The van der Waals surface area contributed by atoms with Gasteiger partial charge >= 0.3 is 0 Å². The Morgan fingerprint density at radius 2 is 1.20 bits per heavy atom. The number of nitrogens with two attached hydrogens (primary N) is 1. The van der Waals surface area contributed by atoms with Crippen LogP contribution in [0.4, 0.5) is 0 Å². The van der Waals surface area contributed by atoms with E-state index in [1.807, 2.05) is 0 Å². The predicted octanol–water partition coefficient (Wildman–Crippen LogP) is 4.87. The number of hydrogen-bond acceptors (Lipinski definition) is 2. The van der Waals surface area contributed by atoms with E-state index < -0.39 is 0 Å². The van der Waals surface area contributed by atoms with Crippen LogP contribution in [0, 0.1) is 5.92 Å². The molecule has 0 aliphatic rings. The molecule has 0 radical (unpaired) electrons. The first-order chi connectivity index (χ1) is 9.72. The van der Waals surface area contributed by atoms with Gasteiger partial charge in [0.05, 0.1) is 0 Å². The van der Waals surface area contributed by atoms with Gasteiger partial charge in [-0.2, -0.15) is 0 Å². The predicted molar refractivity (Wildman–Crippen MR) is 92.1 cm³/mol. The van der Waals surface area contributed by atoms with Crippen LogP contribution in [0.5, 0.6) is 0 Å². The molecule has 0 aliphatic carbocycles. The molecule has 2 nitrogen and oxygen atoms in total. The van der Waals surface area contributed by atoms with Gasteiger partial charge in [0.2, 0.25) is 0 Å². The summed E-state index contributed by atoms with van der Waals surface area (Å²) in [5.74, 6) is 0.763. The van der Waals surface area contributed by atoms with E-state index in [1.54, 1.807) is 0 Å². The molecule has 0 saturated heterocycles. The van der Waals surface area contributed by atoms with Gasteiger partial charge in [-0.3, -0.25) is 0 Å². The minimum Gasteiger partial charge on any atom is -0.330 e. The number of nitrogens with one attached hydrogen (secondary N) is 1. The highest BCUT2D eigenvalue weighted by atomic mass is 14.9. The summed E-state index contributed by atoms with van der Waals surface area (Å²) in [5.41, 5.74) is 5.49. The second-order valence-corrected chi connectivity index (χ2v) is 6.54. The molecule has 0 bridgehead atoms. The summed E-state index contributed by atoms with van der Waals surface area (Å²) in [5, 5.41) is 3.69. The average molecular weight is 285 g/mol. The van der Waals surface area contributed by atoms with Gasteiger partial charge in [0.1, 0.15) is 0 Å². The van der Waals surface area contributed by atoms with Crippen molar-refractivity contribution in [2.24, 2.45) is 11.7 Å². The summed E-state index contributed by atoms with van der Waals surface area (Å²) in [6.45, 7) is 8.98. The molecule has 2 heteroatoms. The minimum absolute atomic E-state index is 0.712. The fourth-order valence-corrected chi connectivity index (χ4v) is 2.82. The summed E-state index contributed by atoms with van der Waals surface area (Å²) in [6.07, 6.45) is 15.0. The van der Waals surface area contributed by atoms with Crippen LogP contribution in [0.1, 0.15) is 91.4 Å². The Labute approximate surface area is 128 Å². The molecule has 0 aromatic heterocycles. The molecule has 0 fully saturated rings. The number of rotatable bonds is 15. The van der Waals surface area contributed by atoms with Gasteiger partial charge in [0, 0.05) is 6.04 Å². The van der Waals surface area contributed by atoms with E-state index in [9.17, 15) is 0 Å². The Bertz CT molecular complexity index is 180. The van der Waals surface area contributed by atoms with Gasteiger partial charge in [-0.15, -0.1) is 0 Å². The molecule has 0 spiro atoms. The second-order valence-electron chi connectivity index (χ2n) is 6.54. The first-order valence-corrected chi connectivity index (χ1v) is 9.15. The smallest absolute Gasteiger partial charge is 0.00874 e. The van der Waals surface area contributed by atoms with Crippen LogP contribution in [0.3, 0.4) is 0 Å². The van der Waals surface area contributed by atoms with E-state index in [2.05, 4.69) is 26.1 Å². The molecule has 122 valence electrons. The Kier molecular flexibility index (Phi) is 15.3. The van der Waals surface area contributed by atoms with Crippen molar-refractivity contribution in [2.75, 3.05) is 13.1 Å². The van der Waals surface area contributed by atoms with Crippen LogP contribution in [0.25, 0.3) is 0 Å². The molecule has 0 aromatic rings. The molecule has 0 rings (SSSR count). The van der Waals surface area contributed by atoms with E-state index in [-0.39, 0.29) is 0 Å². The van der Waals surface area contributed by atoms with Gasteiger partial charge in [-0.05, 0) is 38.3 Å². The molecule has 0 aliphatic heterocycles. The first-order valence-electron chi connectivity index (χ1n) is 9.15. The fraction of sp³-hybridized carbons (Fsp3) is 1.00. The standard InChI is InChI=1S/C18H40N2/c1-4-18(17(2)3)20-16-14-12-10-8-6-5-7-9-11-13-15-19/h17-18,20H,4-16,19H2,1-3H3. The van der Waals surface area contributed by atoms with Crippen molar-refractivity contribution in [1.82, 2.24) is 5.32 Å². The summed E-state index contributed by atoms with van der Waals surface area (Å²) >= 11 is 0.